The van der Waals surface area contributed by atoms with Gasteiger partial charge in [-0.2, -0.15) is 0 Å². The van der Waals surface area contributed by atoms with Crippen molar-refractivity contribution in [2.24, 2.45) is 11.1 Å². The number of hydrogen-bond donors (Lipinski definition) is 2. The molecule has 18 heavy (non-hydrogen) atoms. The van der Waals surface area contributed by atoms with Crippen molar-refractivity contribution < 1.29 is 9.90 Å². The highest BCUT2D eigenvalue weighted by Crippen LogP contribution is 2.55. The number of carbonyl (C=O) groups is 1. The van der Waals surface area contributed by atoms with Crippen molar-refractivity contribution >= 4 is 5.97 Å². The van der Waals surface area contributed by atoms with Crippen LogP contribution in [0.3, 0.4) is 0 Å². The van der Waals surface area contributed by atoms with E-state index in [1.807, 2.05) is 13.8 Å². The number of aliphatic carboxylic acids is 1. The molecule has 1 aliphatic carbocycles. The molecule has 1 aliphatic rings. The molecule has 0 aliphatic heterocycles. The number of hydrogen-bond acceptors (Lipinski definition) is 2. The zero-order valence-electron chi connectivity index (χ0n) is 11.5. The fourth-order valence-corrected chi connectivity index (χ4v) is 2.78. The Kier molecular flexibility index (Phi) is 2.98. The van der Waals surface area contributed by atoms with Gasteiger partial charge in [0.2, 0.25) is 0 Å². The normalized spacial score (nSPS) is 18.5. The van der Waals surface area contributed by atoms with Gasteiger partial charge in [-0.1, -0.05) is 6.07 Å². The lowest BCUT2D eigenvalue weighted by Gasteiger charge is -2.25. The Balaban J connectivity index is 2.55. The molecule has 0 spiro atoms. The van der Waals surface area contributed by atoms with Crippen LogP contribution in [0.15, 0.2) is 6.07 Å². The van der Waals surface area contributed by atoms with E-state index in [-0.39, 0.29) is 0 Å². The lowest BCUT2D eigenvalue weighted by Crippen LogP contribution is -2.31. The van der Waals surface area contributed by atoms with Crippen LogP contribution in [0.5, 0.6) is 0 Å². The zero-order chi connectivity index (χ0) is 13.7. The molecular weight excluding hydrogens is 226 g/mol. The standard InChI is InChI=1S/C15H21NO2/c1-8-7-9(2)11(4)12(10(8)3)13(16)15(5-6-15)14(17)18/h7,13H,5-6,16H2,1-4H3,(H,17,18). The average molecular weight is 247 g/mol. The summed E-state index contributed by atoms with van der Waals surface area (Å²) in [5.74, 6) is -0.757. The van der Waals surface area contributed by atoms with Crippen LogP contribution in [0.1, 0.15) is 46.7 Å². The van der Waals surface area contributed by atoms with Crippen LogP contribution in [0.25, 0.3) is 0 Å². The third-order valence-corrected chi connectivity index (χ3v) is 4.54. The van der Waals surface area contributed by atoms with Gasteiger partial charge in [0.1, 0.15) is 0 Å². The van der Waals surface area contributed by atoms with Gasteiger partial charge in [-0.3, -0.25) is 4.79 Å². The first-order valence-corrected chi connectivity index (χ1v) is 6.37. The number of benzene rings is 1. The molecule has 1 atom stereocenters. The van der Waals surface area contributed by atoms with Gasteiger partial charge in [0.05, 0.1) is 5.41 Å². The van der Waals surface area contributed by atoms with Crippen molar-refractivity contribution in [1.29, 1.82) is 0 Å². The molecule has 0 bridgehead atoms. The highest BCUT2D eigenvalue weighted by molar-refractivity contribution is 5.79. The third-order valence-electron chi connectivity index (χ3n) is 4.54. The monoisotopic (exact) mass is 247 g/mol. The lowest BCUT2D eigenvalue weighted by molar-refractivity contribution is -0.144. The molecule has 3 N–H and O–H groups in total. The summed E-state index contributed by atoms with van der Waals surface area (Å²) in [6.45, 7) is 8.18. The minimum atomic E-state index is -0.757. The predicted molar refractivity (Wildman–Crippen MR) is 71.6 cm³/mol. The largest absolute Gasteiger partial charge is 0.481 e. The zero-order valence-corrected chi connectivity index (χ0v) is 11.5. The number of nitrogens with two attached hydrogens (primary N) is 1. The van der Waals surface area contributed by atoms with E-state index >= 15 is 0 Å². The summed E-state index contributed by atoms with van der Waals surface area (Å²) in [5, 5.41) is 9.38. The van der Waals surface area contributed by atoms with Crippen molar-refractivity contribution in [2.75, 3.05) is 0 Å². The van der Waals surface area contributed by atoms with Gasteiger partial charge in [0.25, 0.3) is 0 Å². The minimum absolute atomic E-state index is 0.395. The summed E-state index contributed by atoms with van der Waals surface area (Å²) in [7, 11) is 0. The van der Waals surface area contributed by atoms with E-state index < -0.39 is 17.4 Å². The number of rotatable bonds is 3. The first kappa shape index (κ1) is 13.1. The van der Waals surface area contributed by atoms with E-state index in [0.717, 1.165) is 16.7 Å². The van der Waals surface area contributed by atoms with E-state index in [1.165, 1.54) is 11.1 Å². The summed E-state index contributed by atoms with van der Waals surface area (Å²) >= 11 is 0. The Hall–Kier alpha value is -1.35. The van der Waals surface area contributed by atoms with Crippen LogP contribution < -0.4 is 5.73 Å². The molecule has 1 aromatic rings. The summed E-state index contributed by atoms with van der Waals surface area (Å²) in [6.07, 6.45) is 1.38. The predicted octanol–water partition coefficient (Wildman–Crippen LogP) is 2.78. The summed E-state index contributed by atoms with van der Waals surface area (Å²) < 4.78 is 0. The maximum atomic E-state index is 11.4. The van der Waals surface area contributed by atoms with Crippen molar-refractivity contribution in [3.8, 4) is 0 Å². The quantitative estimate of drug-likeness (QED) is 0.863. The van der Waals surface area contributed by atoms with E-state index in [1.54, 1.807) is 0 Å². The fraction of sp³-hybridized carbons (Fsp3) is 0.533. The summed E-state index contributed by atoms with van der Waals surface area (Å²) in [4.78, 5) is 11.4. The third kappa shape index (κ3) is 1.74. The van der Waals surface area contributed by atoms with E-state index in [2.05, 4.69) is 19.9 Å². The first-order chi connectivity index (χ1) is 8.31. The summed E-state index contributed by atoms with van der Waals surface area (Å²) in [6, 6.07) is 1.75. The molecule has 1 fully saturated rings. The van der Waals surface area contributed by atoms with E-state index in [9.17, 15) is 9.90 Å². The van der Waals surface area contributed by atoms with Gasteiger partial charge in [0.15, 0.2) is 0 Å². The summed E-state index contributed by atoms with van der Waals surface area (Å²) in [5.41, 5.74) is 11.2. The molecule has 1 saturated carbocycles. The van der Waals surface area contributed by atoms with Gasteiger partial charge in [-0.15, -0.1) is 0 Å². The lowest BCUT2D eigenvalue weighted by atomic mass is 9.83. The van der Waals surface area contributed by atoms with Gasteiger partial charge in [0, 0.05) is 6.04 Å². The van der Waals surface area contributed by atoms with E-state index in [4.69, 9.17) is 5.73 Å². The Morgan fingerprint density at radius 3 is 2.00 bits per heavy atom. The molecule has 0 aromatic heterocycles. The first-order valence-electron chi connectivity index (χ1n) is 6.37. The smallest absolute Gasteiger partial charge is 0.311 e. The van der Waals surface area contributed by atoms with Crippen LogP contribution in [0.4, 0.5) is 0 Å². The second kappa shape index (κ2) is 4.09. The van der Waals surface area contributed by atoms with Crippen molar-refractivity contribution in [1.82, 2.24) is 0 Å². The van der Waals surface area contributed by atoms with Crippen molar-refractivity contribution in [3.63, 3.8) is 0 Å². The van der Waals surface area contributed by atoms with Crippen LogP contribution in [0, 0.1) is 33.1 Å². The molecule has 0 saturated heterocycles. The molecule has 98 valence electrons. The van der Waals surface area contributed by atoms with Crippen LogP contribution in [-0.4, -0.2) is 11.1 Å². The Morgan fingerprint density at radius 2 is 1.67 bits per heavy atom. The number of carboxylic acids is 1. The molecule has 0 heterocycles. The number of aryl methyl sites for hydroxylation is 2. The maximum absolute atomic E-state index is 11.4. The molecular formula is C15H21NO2. The number of carboxylic acid groups (broad SMARTS) is 1. The molecule has 1 unspecified atom stereocenters. The van der Waals surface area contributed by atoms with Crippen LogP contribution >= 0.6 is 0 Å². The molecule has 0 radical (unpaired) electrons. The molecule has 0 amide bonds. The van der Waals surface area contributed by atoms with Crippen molar-refractivity contribution in [3.05, 3.63) is 33.9 Å². The fourth-order valence-electron chi connectivity index (χ4n) is 2.78. The van der Waals surface area contributed by atoms with Gasteiger partial charge in [-0.25, -0.2) is 0 Å². The molecule has 1 aromatic carbocycles. The molecule has 3 nitrogen and oxygen atoms in total. The van der Waals surface area contributed by atoms with Crippen molar-refractivity contribution in [2.45, 2.75) is 46.6 Å². The second-order valence-electron chi connectivity index (χ2n) is 5.61. The average Bonchev–Trinajstić information content (AvgIpc) is 3.07. The highest BCUT2D eigenvalue weighted by atomic mass is 16.4. The Bertz CT molecular complexity index is 489. The van der Waals surface area contributed by atoms with Crippen LogP contribution in [0.2, 0.25) is 0 Å². The Morgan fingerprint density at radius 1 is 1.22 bits per heavy atom. The minimum Gasteiger partial charge on any atom is -0.481 e. The SMILES string of the molecule is Cc1cc(C)c(C)c(C(N)C2(C(=O)O)CC2)c1C. The van der Waals surface area contributed by atoms with Crippen LogP contribution in [-0.2, 0) is 4.79 Å². The highest BCUT2D eigenvalue weighted by Gasteiger charge is 2.55. The maximum Gasteiger partial charge on any atom is 0.311 e. The van der Waals surface area contributed by atoms with Gasteiger partial charge >= 0.3 is 5.97 Å². The van der Waals surface area contributed by atoms with E-state index in [0.29, 0.717) is 12.8 Å². The second-order valence-corrected chi connectivity index (χ2v) is 5.61. The molecule has 2 rings (SSSR count). The Labute approximate surface area is 108 Å². The molecule has 3 heteroatoms. The topological polar surface area (TPSA) is 63.3 Å². The van der Waals surface area contributed by atoms with Gasteiger partial charge < -0.3 is 10.8 Å². The van der Waals surface area contributed by atoms with Gasteiger partial charge in [-0.05, 0) is 68.4 Å².